The van der Waals surface area contributed by atoms with Gasteiger partial charge in [-0.3, -0.25) is 9.89 Å². The third-order valence-electron chi connectivity index (χ3n) is 5.99. The van der Waals surface area contributed by atoms with Crippen LogP contribution >= 0.6 is 0 Å². The van der Waals surface area contributed by atoms with Crippen LogP contribution in [0.4, 0.5) is 39.3 Å². The van der Waals surface area contributed by atoms with E-state index >= 15 is 0 Å². The fourth-order valence-electron chi connectivity index (χ4n) is 3.89. The molecule has 9 nitrogen and oxygen atoms in total. The van der Waals surface area contributed by atoms with Gasteiger partial charge in [-0.25, -0.2) is 31.9 Å². The maximum atomic E-state index is 13.9. The number of nitrogens with zero attached hydrogens (tertiary/aromatic N) is 4. The zero-order chi connectivity index (χ0) is 29.5. The number of anilines is 3. The molecule has 0 atom stereocenters. The number of H-pyrrole nitrogens is 1. The molecule has 0 aliphatic rings. The van der Waals surface area contributed by atoms with Crippen molar-refractivity contribution in [2.24, 2.45) is 0 Å². The van der Waals surface area contributed by atoms with Crippen molar-refractivity contribution < 1.29 is 31.9 Å². The number of hydrogen-bond acceptors (Lipinski definition) is 7. The summed E-state index contributed by atoms with van der Waals surface area (Å²) in [6, 6.07) is 6.83. The molecule has 0 bridgehead atoms. The van der Waals surface area contributed by atoms with E-state index in [0.29, 0.717) is 29.7 Å². The lowest BCUT2D eigenvalue weighted by Gasteiger charge is -2.16. The topological polar surface area (TPSA) is 119 Å². The zero-order valence-electron chi connectivity index (χ0n) is 21.7. The predicted molar refractivity (Wildman–Crippen MR) is 141 cm³/mol. The van der Waals surface area contributed by atoms with Gasteiger partial charge in [0.25, 0.3) is 0 Å². The molecule has 4 N–H and O–H groups in total. The Hall–Kier alpha value is -4.61. The number of amides is 1. The van der Waals surface area contributed by atoms with Crippen LogP contribution in [0.1, 0.15) is 24.6 Å². The molecule has 214 valence electrons. The van der Waals surface area contributed by atoms with E-state index in [1.807, 2.05) is 13.0 Å². The van der Waals surface area contributed by atoms with E-state index in [-0.39, 0.29) is 18.1 Å². The Morgan fingerprint density at radius 1 is 1.02 bits per heavy atom. The second-order valence-electron chi connectivity index (χ2n) is 8.74. The number of nitrogens with one attached hydrogen (secondary N) is 3. The van der Waals surface area contributed by atoms with Crippen LogP contribution in [0.15, 0.2) is 30.6 Å². The van der Waals surface area contributed by atoms with Crippen molar-refractivity contribution in [2.45, 2.75) is 19.8 Å². The summed E-state index contributed by atoms with van der Waals surface area (Å²) in [6.07, 6.45) is 1.49. The number of carbonyl (C=O) groups excluding carboxylic acids is 1. The monoisotopic (exact) mass is 573 g/mol. The second kappa shape index (κ2) is 13.2. The fraction of sp³-hybridized carbons (Fsp3) is 0.259. The molecule has 0 aliphatic heterocycles. The van der Waals surface area contributed by atoms with Crippen molar-refractivity contribution in [1.29, 1.82) is 0 Å². The van der Waals surface area contributed by atoms with E-state index in [1.165, 1.54) is 12.4 Å². The number of aliphatic hydroxyl groups excluding tert-OH is 1. The number of halogens is 5. The van der Waals surface area contributed by atoms with Gasteiger partial charge in [0, 0.05) is 42.2 Å². The van der Waals surface area contributed by atoms with Crippen molar-refractivity contribution in [3.63, 3.8) is 0 Å². The highest BCUT2D eigenvalue weighted by molar-refractivity contribution is 5.93. The van der Waals surface area contributed by atoms with E-state index in [2.05, 4.69) is 42.2 Å². The lowest BCUT2D eigenvalue weighted by Crippen LogP contribution is -2.27. The third-order valence-corrected chi connectivity index (χ3v) is 5.99. The Labute approximate surface area is 230 Å². The van der Waals surface area contributed by atoms with Crippen molar-refractivity contribution in [2.75, 3.05) is 36.9 Å². The van der Waals surface area contributed by atoms with Gasteiger partial charge >= 0.3 is 0 Å². The van der Waals surface area contributed by atoms with Crippen molar-refractivity contribution >= 4 is 34.1 Å². The number of hydrogen-bond donors (Lipinski definition) is 4. The molecule has 2 aromatic heterocycles. The number of aliphatic hydroxyl groups is 1. The summed E-state index contributed by atoms with van der Waals surface area (Å²) >= 11 is 0. The summed E-state index contributed by atoms with van der Waals surface area (Å²) in [5.41, 5.74) is 0.118. The van der Waals surface area contributed by atoms with Gasteiger partial charge in [0.05, 0.1) is 18.5 Å². The number of fused-ring (bicyclic) bond motifs is 1. The molecule has 2 heterocycles. The first kappa shape index (κ1) is 29.4. The average molecular weight is 574 g/mol. The van der Waals surface area contributed by atoms with Crippen LogP contribution in [0, 0.1) is 40.9 Å². The molecule has 1 amide bonds. The van der Waals surface area contributed by atoms with Gasteiger partial charge in [0.2, 0.25) is 11.7 Å². The Bertz CT molecular complexity index is 1600. The lowest BCUT2D eigenvalue weighted by atomic mass is 10.1. The molecule has 14 heteroatoms. The van der Waals surface area contributed by atoms with Crippen molar-refractivity contribution in [3.05, 3.63) is 70.9 Å². The number of aromatic nitrogens is 4. The van der Waals surface area contributed by atoms with Crippen molar-refractivity contribution in [3.8, 4) is 11.8 Å². The number of likely N-dealkylation sites (N-methyl/N-ethyl adjacent to an activating group) is 1. The molecule has 0 saturated heterocycles. The molecule has 0 saturated carbocycles. The number of aromatic amines is 1. The van der Waals surface area contributed by atoms with Gasteiger partial charge in [0.1, 0.15) is 17.8 Å². The first-order chi connectivity index (χ1) is 19.7. The zero-order valence-corrected chi connectivity index (χ0v) is 21.7. The molecule has 0 aliphatic carbocycles. The summed E-state index contributed by atoms with van der Waals surface area (Å²) in [4.78, 5) is 22.8. The molecule has 0 radical (unpaired) electrons. The summed E-state index contributed by atoms with van der Waals surface area (Å²) < 4.78 is 67.7. The van der Waals surface area contributed by atoms with Crippen LogP contribution < -0.4 is 10.6 Å². The van der Waals surface area contributed by atoms with Crippen LogP contribution in [-0.2, 0) is 11.2 Å². The van der Waals surface area contributed by atoms with Gasteiger partial charge in [-0.05, 0) is 24.7 Å². The summed E-state index contributed by atoms with van der Waals surface area (Å²) in [7, 11) is 0. The molecular formula is C27H24F5N7O2. The Balaban J connectivity index is 1.41. The molecule has 0 fully saturated rings. The lowest BCUT2D eigenvalue weighted by molar-refractivity contribution is -0.115. The van der Waals surface area contributed by atoms with Gasteiger partial charge in [-0.1, -0.05) is 18.8 Å². The third kappa shape index (κ3) is 6.94. The first-order valence-electron chi connectivity index (χ1n) is 12.4. The SMILES string of the molecule is CCN(CCO)CCC#Cc1ccc2c(Nc3cc(CC(=O)Nc4c(F)c(F)c(F)c(F)c4F)[nH]n3)ncnc2c1. The molecule has 4 rings (SSSR count). The van der Waals surface area contributed by atoms with E-state index in [9.17, 15) is 26.7 Å². The minimum Gasteiger partial charge on any atom is -0.395 e. The smallest absolute Gasteiger partial charge is 0.230 e. The normalized spacial score (nSPS) is 11.0. The fourth-order valence-corrected chi connectivity index (χ4v) is 3.89. The minimum absolute atomic E-state index is 0.0987. The molecular weight excluding hydrogens is 549 g/mol. The van der Waals surface area contributed by atoms with Crippen LogP contribution in [-0.4, -0.2) is 62.3 Å². The van der Waals surface area contributed by atoms with E-state index in [4.69, 9.17) is 5.11 Å². The summed E-state index contributed by atoms with van der Waals surface area (Å²) in [6.45, 7) is 4.29. The minimum atomic E-state index is -2.32. The van der Waals surface area contributed by atoms with Gasteiger partial charge in [0.15, 0.2) is 29.1 Å². The average Bonchev–Trinajstić information content (AvgIpc) is 3.41. The predicted octanol–water partition coefficient (Wildman–Crippen LogP) is 4.03. The summed E-state index contributed by atoms with van der Waals surface area (Å²) in [5, 5.41) is 21.0. The second-order valence-corrected chi connectivity index (χ2v) is 8.74. The maximum absolute atomic E-state index is 13.9. The molecule has 2 aromatic carbocycles. The van der Waals surface area contributed by atoms with Crippen LogP contribution in [0.3, 0.4) is 0 Å². The van der Waals surface area contributed by atoms with Crippen LogP contribution in [0.2, 0.25) is 0 Å². The molecule has 0 unspecified atom stereocenters. The first-order valence-corrected chi connectivity index (χ1v) is 12.4. The largest absolute Gasteiger partial charge is 0.395 e. The number of benzene rings is 2. The van der Waals surface area contributed by atoms with Gasteiger partial charge in [-0.2, -0.15) is 5.10 Å². The highest BCUT2D eigenvalue weighted by atomic mass is 19.2. The Morgan fingerprint density at radius 2 is 1.76 bits per heavy atom. The number of rotatable bonds is 10. The summed E-state index contributed by atoms with van der Waals surface area (Å²) in [5.74, 6) is -5.12. The number of carbonyl (C=O) groups is 1. The highest BCUT2D eigenvalue weighted by Gasteiger charge is 2.27. The van der Waals surface area contributed by atoms with E-state index < -0.39 is 47.1 Å². The van der Waals surface area contributed by atoms with Gasteiger partial charge < -0.3 is 20.6 Å². The Kier molecular flexibility index (Phi) is 9.43. The quantitative estimate of drug-likeness (QED) is 0.0979. The maximum Gasteiger partial charge on any atom is 0.230 e. The Morgan fingerprint density at radius 3 is 2.46 bits per heavy atom. The van der Waals surface area contributed by atoms with E-state index in [0.717, 1.165) is 18.7 Å². The standard InChI is InChI=1S/C27H24F5N7O2/c1-2-39(9-10-40)8-4-3-5-15-6-7-17-18(11-15)33-14-34-27(17)35-19-12-16(37-38-19)13-20(41)36-26-24(31)22(29)21(28)23(30)25(26)32/h6-7,11-12,14,40H,2,4,8-10,13H2,1H3,(H,36,41)(H2,33,34,35,37,38). The molecule has 0 spiro atoms. The van der Waals surface area contributed by atoms with Crippen LogP contribution in [0.5, 0.6) is 0 Å². The van der Waals surface area contributed by atoms with E-state index in [1.54, 1.807) is 17.4 Å². The molecule has 41 heavy (non-hydrogen) atoms. The van der Waals surface area contributed by atoms with Gasteiger partial charge in [-0.15, -0.1) is 0 Å². The molecule has 4 aromatic rings. The highest BCUT2D eigenvalue weighted by Crippen LogP contribution is 2.27. The van der Waals surface area contributed by atoms with Crippen molar-refractivity contribution in [1.82, 2.24) is 25.1 Å². The van der Waals surface area contributed by atoms with Crippen LogP contribution in [0.25, 0.3) is 10.9 Å².